The van der Waals surface area contributed by atoms with Gasteiger partial charge in [0.05, 0.1) is 16.6 Å². The Hall–Kier alpha value is -2.20. The highest BCUT2D eigenvalue weighted by atomic mass is 16.3. The number of aromatic hydroxyl groups is 1. The fraction of sp³-hybridized carbons (Fsp3) is 0.500. The lowest BCUT2D eigenvalue weighted by molar-refractivity contribution is -0.0733. The van der Waals surface area contributed by atoms with Crippen molar-refractivity contribution in [3.63, 3.8) is 0 Å². The van der Waals surface area contributed by atoms with Gasteiger partial charge in [-0.1, -0.05) is 31.9 Å². The van der Waals surface area contributed by atoms with Crippen LogP contribution in [0, 0.1) is 5.41 Å². The van der Waals surface area contributed by atoms with Crippen molar-refractivity contribution in [2.75, 3.05) is 13.6 Å². The number of nitrogens with zero attached hydrogens (tertiary/aromatic N) is 3. The maximum Gasteiger partial charge on any atom is 0.143 e. The molecule has 1 aromatic heterocycles. The van der Waals surface area contributed by atoms with Crippen LogP contribution in [-0.2, 0) is 11.8 Å². The van der Waals surface area contributed by atoms with Crippen molar-refractivity contribution in [2.45, 2.75) is 56.9 Å². The molecular weight excluding hydrogens is 346 g/mol. The highest BCUT2D eigenvalue weighted by Crippen LogP contribution is 2.63. The van der Waals surface area contributed by atoms with E-state index in [1.807, 2.05) is 24.3 Å². The first-order valence-electron chi connectivity index (χ1n) is 10.7. The van der Waals surface area contributed by atoms with Gasteiger partial charge in [-0.15, -0.1) is 0 Å². The van der Waals surface area contributed by atoms with Gasteiger partial charge in [0.25, 0.3) is 0 Å². The molecule has 0 amide bonds. The number of benzene rings is 2. The molecule has 0 spiro atoms. The normalized spacial score (nSPS) is 32.3. The second-order valence-electron chi connectivity index (χ2n) is 9.49. The van der Waals surface area contributed by atoms with Crippen LogP contribution >= 0.6 is 0 Å². The first-order valence-corrected chi connectivity index (χ1v) is 10.7. The van der Waals surface area contributed by atoms with E-state index in [4.69, 9.17) is 9.97 Å². The second kappa shape index (κ2) is 5.44. The summed E-state index contributed by atoms with van der Waals surface area (Å²) in [6.07, 6.45) is 7.30. The van der Waals surface area contributed by atoms with E-state index >= 15 is 0 Å². The SMILES string of the molecule is CN1CCC23CCCCC2(C)C1Cc1c3cc(O)c2nc3ccccc3nc12. The fourth-order valence-corrected chi connectivity index (χ4v) is 6.94. The summed E-state index contributed by atoms with van der Waals surface area (Å²) < 4.78 is 0. The number of phenols is 1. The number of aromatic nitrogens is 2. The predicted octanol–water partition coefficient (Wildman–Crippen LogP) is 4.57. The zero-order chi connectivity index (χ0) is 19.1. The molecule has 6 rings (SSSR count). The van der Waals surface area contributed by atoms with Gasteiger partial charge in [-0.3, -0.25) is 0 Å². The number of piperidine rings is 1. The first-order chi connectivity index (χ1) is 13.5. The number of likely N-dealkylation sites (tertiary alicyclic amines) is 1. The summed E-state index contributed by atoms with van der Waals surface area (Å²) in [5.74, 6) is 0.298. The molecule has 3 aliphatic rings. The van der Waals surface area contributed by atoms with E-state index in [-0.39, 0.29) is 10.8 Å². The number of rotatable bonds is 0. The third-order valence-electron chi connectivity index (χ3n) is 8.42. The summed E-state index contributed by atoms with van der Waals surface area (Å²) in [5.41, 5.74) is 6.48. The summed E-state index contributed by atoms with van der Waals surface area (Å²) in [4.78, 5) is 12.4. The quantitative estimate of drug-likeness (QED) is 0.587. The Morgan fingerprint density at radius 3 is 2.54 bits per heavy atom. The van der Waals surface area contributed by atoms with Gasteiger partial charge < -0.3 is 10.0 Å². The minimum atomic E-state index is 0.162. The average molecular weight is 374 g/mol. The molecule has 2 fully saturated rings. The summed E-state index contributed by atoms with van der Waals surface area (Å²) in [6, 6.07) is 10.6. The van der Waals surface area contributed by atoms with Gasteiger partial charge >= 0.3 is 0 Å². The second-order valence-corrected chi connectivity index (χ2v) is 9.49. The van der Waals surface area contributed by atoms with Crippen LogP contribution in [0.15, 0.2) is 30.3 Å². The third-order valence-corrected chi connectivity index (χ3v) is 8.42. The standard InChI is InChI=1S/C24H27N3O/c1-23-9-5-6-10-24(23)11-12-27(2)20(23)13-15-16(24)14-19(28)22-21(15)25-17-7-3-4-8-18(17)26-22/h3-4,7-8,14,20,28H,5-6,9-13H2,1-2H3. The molecule has 2 bridgehead atoms. The lowest BCUT2D eigenvalue weighted by atomic mass is 9.44. The van der Waals surface area contributed by atoms with Gasteiger partial charge in [-0.2, -0.15) is 0 Å². The molecule has 2 aromatic carbocycles. The smallest absolute Gasteiger partial charge is 0.143 e. The molecule has 4 nitrogen and oxygen atoms in total. The molecule has 144 valence electrons. The Bertz CT molecular complexity index is 1130. The zero-order valence-corrected chi connectivity index (χ0v) is 16.7. The third kappa shape index (κ3) is 1.90. The van der Waals surface area contributed by atoms with E-state index in [1.165, 1.54) is 43.2 Å². The van der Waals surface area contributed by atoms with Gasteiger partial charge in [0.2, 0.25) is 0 Å². The molecule has 2 aliphatic carbocycles. The van der Waals surface area contributed by atoms with Crippen molar-refractivity contribution in [1.29, 1.82) is 0 Å². The number of likely N-dealkylation sites (N-methyl/N-ethyl adjacent to an activating group) is 1. The Morgan fingerprint density at radius 2 is 1.75 bits per heavy atom. The molecule has 1 saturated heterocycles. The van der Waals surface area contributed by atoms with Gasteiger partial charge in [-0.25, -0.2) is 9.97 Å². The molecule has 4 heteroatoms. The molecular formula is C24H27N3O. The topological polar surface area (TPSA) is 49.2 Å². The molecule has 1 N–H and O–H groups in total. The van der Waals surface area contributed by atoms with Crippen LogP contribution in [0.3, 0.4) is 0 Å². The van der Waals surface area contributed by atoms with E-state index in [1.54, 1.807) is 0 Å². The largest absolute Gasteiger partial charge is 0.506 e. The van der Waals surface area contributed by atoms with Crippen LogP contribution in [0.1, 0.15) is 50.2 Å². The highest BCUT2D eigenvalue weighted by molar-refractivity contribution is 5.92. The van der Waals surface area contributed by atoms with Crippen LogP contribution in [0.2, 0.25) is 0 Å². The number of hydrogen-bond donors (Lipinski definition) is 1. The van der Waals surface area contributed by atoms with Crippen molar-refractivity contribution in [3.05, 3.63) is 41.5 Å². The lowest BCUT2D eigenvalue weighted by Crippen LogP contribution is -2.66. The maximum absolute atomic E-state index is 11.0. The van der Waals surface area contributed by atoms with Crippen molar-refractivity contribution in [1.82, 2.24) is 14.9 Å². The van der Waals surface area contributed by atoms with Crippen LogP contribution in [0.25, 0.3) is 22.1 Å². The van der Waals surface area contributed by atoms with Crippen molar-refractivity contribution in [2.24, 2.45) is 5.41 Å². The molecule has 3 atom stereocenters. The number of phenolic OH excluding ortho intramolecular Hbond substituents is 1. The predicted molar refractivity (Wildman–Crippen MR) is 112 cm³/mol. The van der Waals surface area contributed by atoms with E-state index in [0.29, 0.717) is 17.3 Å². The highest BCUT2D eigenvalue weighted by Gasteiger charge is 2.61. The molecule has 3 aromatic rings. The fourth-order valence-electron chi connectivity index (χ4n) is 6.94. The van der Waals surface area contributed by atoms with Gasteiger partial charge in [0.1, 0.15) is 11.3 Å². The summed E-state index contributed by atoms with van der Waals surface area (Å²) in [5, 5.41) is 11.0. The van der Waals surface area contributed by atoms with E-state index in [9.17, 15) is 5.11 Å². The van der Waals surface area contributed by atoms with Crippen LogP contribution in [0.4, 0.5) is 0 Å². The Kier molecular flexibility index (Phi) is 3.25. The molecule has 1 aliphatic heterocycles. The van der Waals surface area contributed by atoms with Crippen LogP contribution < -0.4 is 0 Å². The molecule has 2 heterocycles. The summed E-state index contributed by atoms with van der Waals surface area (Å²) >= 11 is 0. The van der Waals surface area contributed by atoms with E-state index in [0.717, 1.165) is 29.5 Å². The van der Waals surface area contributed by atoms with E-state index in [2.05, 4.69) is 24.9 Å². The Balaban J connectivity index is 1.71. The van der Waals surface area contributed by atoms with Crippen LogP contribution in [0.5, 0.6) is 5.75 Å². The Labute approximate surface area is 165 Å². The number of hydrogen-bond acceptors (Lipinski definition) is 4. The molecule has 28 heavy (non-hydrogen) atoms. The lowest BCUT2D eigenvalue weighted by Gasteiger charge is -2.65. The minimum Gasteiger partial charge on any atom is -0.506 e. The zero-order valence-electron chi connectivity index (χ0n) is 16.7. The minimum absolute atomic E-state index is 0.162. The first kappa shape index (κ1) is 16.7. The summed E-state index contributed by atoms with van der Waals surface area (Å²) in [7, 11) is 2.29. The monoisotopic (exact) mass is 373 g/mol. The van der Waals surface area contributed by atoms with Gasteiger partial charge in [0.15, 0.2) is 0 Å². The van der Waals surface area contributed by atoms with Crippen molar-refractivity contribution >= 4 is 22.1 Å². The van der Waals surface area contributed by atoms with Gasteiger partial charge in [0, 0.05) is 11.5 Å². The molecule has 1 saturated carbocycles. The number of fused-ring (bicyclic) bond motifs is 4. The molecule has 0 radical (unpaired) electrons. The van der Waals surface area contributed by atoms with Gasteiger partial charge in [-0.05, 0) is 74.0 Å². The van der Waals surface area contributed by atoms with E-state index < -0.39 is 0 Å². The Morgan fingerprint density at radius 1 is 1.04 bits per heavy atom. The number of para-hydroxylation sites is 2. The van der Waals surface area contributed by atoms with Crippen molar-refractivity contribution in [3.8, 4) is 5.75 Å². The summed E-state index contributed by atoms with van der Waals surface area (Å²) in [6.45, 7) is 3.66. The maximum atomic E-state index is 11.0. The molecule has 3 unspecified atom stereocenters. The van der Waals surface area contributed by atoms with Crippen LogP contribution in [-0.4, -0.2) is 39.6 Å². The van der Waals surface area contributed by atoms with Crippen molar-refractivity contribution < 1.29 is 5.11 Å². The average Bonchev–Trinajstić information content (AvgIpc) is 2.70.